The zero-order valence-electron chi connectivity index (χ0n) is 19.8. The van der Waals surface area contributed by atoms with Crippen molar-refractivity contribution in [2.24, 2.45) is 5.41 Å². The van der Waals surface area contributed by atoms with Crippen LogP contribution in [0.2, 0.25) is 0 Å². The fourth-order valence-corrected chi connectivity index (χ4v) is 5.87. The minimum atomic E-state index is -0.350. The molecule has 1 aliphatic carbocycles. The minimum absolute atomic E-state index is 0.0141. The van der Waals surface area contributed by atoms with Crippen LogP contribution in [0.3, 0.4) is 0 Å². The van der Waals surface area contributed by atoms with Crippen molar-refractivity contribution >= 4 is 11.9 Å². The van der Waals surface area contributed by atoms with Gasteiger partial charge in [0, 0.05) is 56.3 Å². The van der Waals surface area contributed by atoms with Crippen LogP contribution in [0.4, 0.5) is 15.0 Å². The predicted octanol–water partition coefficient (Wildman–Crippen LogP) is 3.51. The Hall–Kier alpha value is -2.71. The zero-order chi connectivity index (χ0) is 23.7. The predicted molar refractivity (Wildman–Crippen MR) is 128 cm³/mol. The van der Waals surface area contributed by atoms with E-state index in [1.54, 1.807) is 6.07 Å². The van der Waals surface area contributed by atoms with E-state index in [1.807, 2.05) is 36.1 Å². The Morgan fingerprint density at radius 2 is 1.94 bits per heavy atom. The molecule has 2 aliphatic heterocycles. The maximum atomic E-state index is 14.1. The number of likely N-dealkylation sites (tertiary alicyclic amines) is 1. The van der Waals surface area contributed by atoms with Crippen molar-refractivity contribution in [2.75, 3.05) is 50.8 Å². The van der Waals surface area contributed by atoms with Crippen LogP contribution in [0.1, 0.15) is 31.7 Å². The van der Waals surface area contributed by atoms with Gasteiger partial charge in [0.25, 0.3) is 0 Å². The molecule has 1 aromatic heterocycles. The number of benzene rings is 1. The summed E-state index contributed by atoms with van der Waals surface area (Å²) in [6.45, 7) is 7.48. The van der Waals surface area contributed by atoms with Gasteiger partial charge in [-0.05, 0) is 43.4 Å². The van der Waals surface area contributed by atoms with E-state index in [0.29, 0.717) is 12.6 Å². The number of aliphatic hydroxyl groups is 1. The molecule has 182 valence electrons. The van der Waals surface area contributed by atoms with Gasteiger partial charge in [0.2, 0.25) is 0 Å². The van der Waals surface area contributed by atoms with Gasteiger partial charge < -0.3 is 19.6 Å². The number of carbonyl (C=O) groups excluding carboxylic acids is 1. The number of rotatable bonds is 5. The summed E-state index contributed by atoms with van der Waals surface area (Å²) in [4.78, 5) is 23.1. The van der Waals surface area contributed by atoms with Gasteiger partial charge in [-0.25, -0.2) is 14.2 Å². The third-order valence-electron chi connectivity index (χ3n) is 7.67. The molecule has 2 aromatic rings. The molecular formula is C26H33FN4O3. The van der Waals surface area contributed by atoms with Crippen molar-refractivity contribution < 1.29 is 19.0 Å². The molecule has 1 aromatic carbocycles. The van der Waals surface area contributed by atoms with Gasteiger partial charge in [-0.15, -0.1) is 0 Å². The van der Waals surface area contributed by atoms with E-state index in [4.69, 9.17) is 4.74 Å². The van der Waals surface area contributed by atoms with Crippen molar-refractivity contribution in [3.05, 3.63) is 47.9 Å². The molecule has 5 rings (SSSR count). The molecule has 8 heteroatoms. The van der Waals surface area contributed by atoms with E-state index in [1.165, 1.54) is 19.0 Å². The lowest BCUT2D eigenvalue weighted by atomic mass is 9.78. The molecule has 1 amide bonds. The molecule has 0 radical (unpaired) electrons. The average Bonchev–Trinajstić information content (AvgIpc) is 3.29. The molecule has 34 heavy (non-hydrogen) atoms. The van der Waals surface area contributed by atoms with Crippen LogP contribution in [0, 0.1) is 11.2 Å². The highest BCUT2D eigenvalue weighted by atomic mass is 19.1. The quantitative estimate of drug-likeness (QED) is 0.724. The van der Waals surface area contributed by atoms with Crippen molar-refractivity contribution in [3.63, 3.8) is 0 Å². The fourth-order valence-electron chi connectivity index (χ4n) is 5.87. The monoisotopic (exact) mass is 468 g/mol. The molecule has 1 spiro atoms. The van der Waals surface area contributed by atoms with Crippen LogP contribution in [0.15, 0.2) is 36.5 Å². The minimum Gasteiger partial charge on any atom is -0.450 e. The number of pyridine rings is 1. The summed E-state index contributed by atoms with van der Waals surface area (Å²) in [6.07, 6.45) is 4.59. The molecule has 0 bridgehead atoms. The Kier molecular flexibility index (Phi) is 6.44. The largest absolute Gasteiger partial charge is 0.450 e. The number of nitrogens with zero attached hydrogens (tertiary/aromatic N) is 4. The maximum Gasteiger partial charge on any atom is 0.409 e. The van der Waals surface area contributed by atoms with E-state index >= 15 is 0 Å². The third kappa shape index (κ3) is 4.49. The van der Waals surface area contributed by atoms with Crippen molar-refractivity contribution in [3.8, 4) is 11.1 Å². The summed E-state index contributed by atoms with van der Waals surface area (Å²) in [5.41, 5.74) is 2.78. The van der Waals surface area contributed by atoms with E-state index in [9.17, 15) is 14.3 Å². The number of carbonyl (C=O) groups is 1. The van der Waals surface area contributed by atoms with Crippen LogP contribution in [0.25, 0.3) is 11.1 Å². The normalized spacial score (nSPS) is 22.1. The smallest absolute Gasteiger partial charge is 0.409 e. The highest BCUT2D eigenvalue weighted by molar-refractivity contribution is 5.76. The second-order valence-electron chi connectivity index (χ2n) is 9.85. The number of aliphatic hydroxyl groups excluding tert-OH is 1. The molecule has 0 unspecified atom stereocenters. The Balaban J connectivity index is 1.21. The van der Waals surface area contributed by atoms with E-state index in [0.717, 1.165) is 68.2 Å². The highest BCUT2D eigenvalue weighted by Crippen LogP contribution is 2.47. The van der Waals surface area contributed by atoms with E-state index in [2.05, 4.69) is 14.8 Å². The molecule has 7 nitrogen and oxygen atoms in total. The Morgan fingerprint density at radius 3 is 2.62 bits per heavy atom. The Labute approximate surface area is 200 Å². The van der Waals surface area contributed by atoms with Gasteiger partial charge in [0.05, 0.1) is 19.4 Å². The number of hydrogen-bond donors (Lipinski definition) is 1. The number of hydrogen-bond acceptors (Lipinski definition) is 6. The van der Waals surface area contributed by atoms with Gasteiger partial charge in [0.1, 0.15) is 11.6 Å². The van der Waals surface area contributed by atoms with Gasteiger partial charge in [-0.2, -0.15) is 0 Å². The lowest BCUT2D eigenvalue weighted by Gasteiger charge is -2.48. The summed E-state index contributed by atoms with van der Waals surface area (Å²) in [5, 5.41) is 9.32. The van der Waals surface area contributed by atoms with E-state index in [-0.39, 0.29) is 23.9 Å². The zero-order valence-corrected chi connectivity index (χ0v) is 19.8. The van der Waals surface area contributed by atoms with Gasteiger partial charge in [0.15, 0.2) is 0 Å². The first-order chi connectivity index (χ1) is 16.5. The summed E-state index contributed by atoms with van der Waals surface area (Å²) in [6, 6.07) is 9.66. The third-order valence-corrected chi connectivity index (χ3v) is 7.67. The highest BCUT2D eigenvalue weighted by Gasteiger charge is 2.51. The van der Waals surface area contributed by atoms with Gasteiger partial charge >= 0.3 is 6.09 Å². The van der Waals surface area contributed by atoms with Crippen LogP contribution in [-0.4, -0.2) is 77.9 Å². The first-order valence-electron chi connectivity index (χ1n) is 12.3. The van der Waals surface area contributed by atoms with Crippen LogP contribution >= 0.6 is 0 Å². The van der Waals surface area contributed by atoms with Gasteiger partial charge in [-0.1, -0.05) is 24.3 Å². The molecule has 3 heterocycles. The fraction of sp³-hybridized carbons (Fsp3) is 0.538. The second-order valence-corrected chi connectivity index (χ2v) is 9.85. The Bertz CT molecular complexity index is 1020. The lowest BCUT2D eigenvalue weighted by molar-refractivity contribution is -0.00294. The summed E-state index contributed by atoms with van der Waals surface area (Å²) in [5.74, 6) is 0.460. The molecule has 1 saturated carbocycles. The van der Waals surface area contributed by atoms with Crippen molar-refractivity contribution in [1.29, 1.82) is 0 Å². The first kappa shape index (κ1) is 23.1. The lowest BCUT2D eigenvalue weighted by Crippen LogP contribution is -2.58. The number of anilines is 1. The molecular weight excluding hydrogens is 435 g/mol. The molecule has 3 aliphatic rings. The van der Waals surface area contributed by atoms with Crippen molar-refractivity contribution in [2.45, 2.75) is 38.8 Å². The number of piperazine rings is 1. The SMILES string of the molecule is CCOC(=O)N1CC2(CC[C@@H](N3CCN(c4ncc(F)cc4-c4ccc(CO)cc4)CC3)C2)C1. The summed E-state index contributed by atoms with van der Waals surface area (Å²) >= 11 is 0. The molecule has 3 fully saturated rings. The standard InChI is InChI=1S/C26H33FN4O3/c1-2-34-25(33)31-17-26(18-31)8-7-22(14-26)29-9-11-30(12-10-29)24-23(13-21(27)15-28-24)20-5-3-19(16-32)4-6-20/h3-6,13,15,22,32H,2,7-12,14,16-18H2,1H3/t22-/m1/s1. The number of halogens is 1. The molecule has 2 saturated heterocycles. The second kappa shape index (κ2) is 9.50. The maximum absolute atomic E-state index is 14.1. The van der Waals surface area contributed by atoms with Crippen molar-refractivity contribution in [1.82, 2.24) is 14.8 Å². The van der Waals surface area contributed by atoms with Crippen LogP contribution < -0.4 is 4.90 Å². The molecule has 1 atom stereocenters. The van der Waals surface area contributed by atoms with E-state index < -0.39 is 0 Å². The number of ether oxygens (including phenoxy) is 1. The number of aromatic nitrogens is 1. The molecule has 1 N–H and O–H groups in total. The van der Waals surface area contributed by atoms with Gasteiger partial charge in [-0.3, -0.25) is 4.90 Å². The summed E-state index contributed by atoms with van der Waals surface area (Å²) in [7, 11) is 0. The number of amides is 1. The van der Waals surface area contributed by atoms with Crippen LogP contribution in [-0.2, 0) is 11.3 Å². The average molecular weight is 469 g/mol. The summed E-state index contributed by atoms with van der Waals surface area (Å²) < 4.78 is 19.2. The Morgan fingerprint density at radius 1 is 1.21 bits per heavy atom. The first-order valence-corrected chi connectivity index (χ1v) is 12.3. The van der Waals surface area contributed by atoms with Crippen LogP contribution in [0.5, 0.6) is 0 Å². The topological polar surface area (TPSA) is 69.1 Å².